The van der Waals surface area contributed by atoms with Crippen LogP contribution in [0.4, 0.5) is 16.7 Å². The maximum absolute atomic E-state index is 12.7. The van der Waals surface area contributed by atoms with Crippen molar-refractivity contribution in [1.82, 2.24) is 19.9 Å². The number of fused-ring (bicyclic) bond motifs is 1. The third-order valence-corrected chi connectivity index (χ3v) is 5.64. The van der Waals surface area contributed by atoms with Gasteiger partial charge in [0, 0.05) is 17.0 Å². The fourth-order valence-corrected chi connectivity index (χ4v) is 3.87. The van der Waals surface area contributed by atoms with Gasteiger partial charge in [0.2, 0.25) is 11.9 Å². The molecule has 168 valence electrons. The summed E-state index contributed by atoms with van der Waals surface area (Å²) in [5.74, 6) is 1.38. The fraction of sp³-hybridized carbons (Fsp3) is 0.381. The Morgan fingerprint density at radius 3 is 2.81 bits per heavy atom. The van der Waals surface area contributed by atoms with Crippen molar-refractivity contribution in [2.24, 2.45) is 0 Å². The molecule has 0 spiro atoms. The lowest BCUT2D eigenvalue weighted by atomic mass is 10.1. The molecular weight excluding hydrogens is 436 g/mol. The summed E-state index contributed by atoms with van der Waals surface area (Å²) < 4.78 is 10.3. The maximum atomic E-state index is 12.7. The molecule has 0 bridgehead atoms. The molecule has 3 heterocycles. The zero-order valence-corrected chi connectivity index (χ0v) is 18.9. The number of hydrogen-bond donors (Lipinski definition) is 2. The summed E-state index contributed by atoms with van der Waals surface area (Å²) in [5.41, 5.74) is 0.830. The first-order chi connectivity index (χ1) is 15.3. The molecule has 1 saturated heterocycles. The molecule has 1 aliphatic heterocycles. The van der Waals surface area contributed by atoms with Gasteiger partial charge in [-0.05, 0) is 32.4 Å². The van der Waals surface area contributed by atoms with E-state index < -0.39 is 12.1 Å². The lowest BCUT2D eigenvalue weighted by Gasteiger charge is -2.20. The van der Waals surface area contributed by atoms with Gasteiger partial charge >= 0.3 is 6.09 Å². The molecule has 2 aromatic heterocycles. The summed E-state index contributed by atoms with van der Waals surface area (Å²) in [4.78, 5) is 42.2. The Morgan fingerprint density at radius 1 is 1.31 bits per heavy atom. The van der Waals surface area contributed by atoms with Gasteiger partial charge in [-0.1, -0.05) is 18.5 Å². The minimum absolute atomic E-state index is 0.139. The number of benzene rings is 1. The second kappa shape index (κ2) is 8.62. The van der Waals surface area contributed by atoms with Gasteiger partial charge in [-0.2, -0.15) is 15.0 Å². The lowest BCUT2D eigenvalue weighted by molar-refractivity contribution is 0.178. The number of nitrogens with one attached hydrogen (secondary N) is 2. The van der Waals surface area contributed by atoms with Crippen LogP contribution in [0.25, 0.3) is 10.9 Å². The SMILES string of the molecule is CC[C@H]1COC(=O)N1c1nc(C)nc(N[C@H](C)c2cc3cc(Cl)c(OC)cc3[nH]c2=O)n1. The first kappa shape index (κ1) is 21.8. The van der Waals surface area contributed by atoms with Crippen LogP contribution in [0.15, 0.2) is 23.0 Å². The van der Waals surface area contributed by atoms with Crippen molar-refractivity contribution >= 4 is 40.5 Å². The van der Waals surface area contributed by atoms with E-state index in [0.717, 1.165) is 5.39 Å². The van der Waals surface area contributed by atoms with Crippen LogP contribution in [0.2, 0.25) is 5.02 Å². The van der Waals surface area contributed by atoms with Crippen LogP contribution in [-0.4, -0.2) is 45.8 Å². The van der Waals surface area contributed by atoms with Crippen LogP contribution in [0.5, 0.6) is 5.75 Å². The third kappa shape index (κ3) is 4.05. The number of ether oxygens (including phenoxy) is 2. The van der Waals surface area contributed by atoms with Crippen molar-refractivity contribution in [1.29, 1.82) is 0 Å². The number of amides is 1. The van der Waals surface area contributed by atoms with E-state index in [1.807, 2.05) is 13.8 Å². The minimum Gasteiger partial charge on any atom is -0.495 e. The molecule has 2 atom stereocenters. The number of cyclic esters (lactones) is 1. The Morgan fingerprint density at radius 2 is 2.09 bits per heavy atom. The number of aromatic nitrogens is 4. The predicted molar refractivity (Wildman–Crippen MR) is 121 cm³/mol. The zero-order valence-electron chi connectivity index (χ0n) is 18.1. The Hall–Kier alpha value is -3.40. The number of methoxy groups -OCH3 is 1. The molecule has 1 aromatic carbocycles. The molecule has 4 rings (SSSR count). The van der Waals surface area contributed by atoms with E-state index in [-0.39, 0.29) is 23.5 Å². The second-order valence-corrected chi connectivity index (χ2v) is 7.92. The average Bonchev–Trinajstić information content (AvgIpc) is 3.13. The van der Waals surface area contributed by atoms with Crippen molar-refractivity contribution in [2.45, 2.75) is 39.3 Å². The van der Waals surface area contributed by atoms with Crippen molar-refractivity contribution < 1.29 is 14.3 Å². The van der Waals surface area contributed by atoms with Crippen LogP contribution < -0.4 is 20.5 Å². The normalized spacial score (nSPS) is 16.8. The standard InChI is InChI=1S/C21H23ClN6O4/c1-5-13-9-32-21(30)28(13)20-25-11(3)24-19(27-20)23-10(2)14-6-12-7-15(22)17(31-4)8-16(12)26-18(14)29/h6-8,10,13H,5,9H2,1-4H3,(H,26,29)(H,23,24,25,27)/t10-,13+/m1/s1. The van der Waals surface area contributed by atoms with E-state index in [1.54, 1.807) is 25.1 Å². The molecule has 2 N–H and O–H groups in total. The van der Waals surface area contributed by atoms with E-state index in [9.17, 15) is 9.59 Å². The summed E-state index contributed by atoms with van der Waals surface area (Å²) >= 11 is 6.24. The average molecular weight is 459 g/mol. The van der Waals surface area contributed by atoms with Gasteiger partial charge in [-0.3, -0.25) is 4.79 Å². The molecule has 32 heavy (non-hydrogen) atoms. The van der Waals surface area contributed by atoms with Crippen LogP contribution in [0.1, 0.15) is 37.7 Å². The summed E-state index contributed by atoms with van der Waals surface area (Å²) in [6, 6.07) is 4.60. The Kier molecular flexibility index (Phi) is 5.88. The summed E-state index contributed by atoms with van der Waals surface area (Å²) in [6.45, 7) is 5.78. The Labute approximate surface area is 188 Å². The van der Waals surface area contributed by atoms with E-state index >= 15 is 0 Å². The number of rotatable bonds is 6. The second-order valence-electron chi connectivity index (χ2n) is 7.51. The molecule has 0 saturated carbocycles. The van der Waals surface area contributed by atoms with Gasteiger partial charge in [0.15, 0.2) is 0 Å². The van der Waals surface area contributed by atoms with Crippen LogP contribution in [0.3, 0.4) is 0 Å². The number of halogens is 1. The van der Waals surface area contributed by atoms with Gasteiger partial charge in [-0.15, -0.1) is 0 Å². The lowest BCUT2D eigenvalue weighted by Crippen LogP contribution is -2.35. The van der Waals surface area contributed by atoms with E-state index in [0.29, 0.717) is 40.7 Å². The number of carbonyl (C=O) groups is 1. The first-order valence-electron chi connectivity index (χ1n) is 10.2. The molecule has 10 nitrogen and oxygen atoms in total. The summed E-state index contributed by atoms with van der Waals surface area (Å²) in [6.07, 6.45) is 0.217. The molecule has 0 radical (unpaired) electrons. The number of aryl methyl sites for hydroxylation is 1. The first-order valence-corrected chi connectivity index (χ1v) is 10.5. The third-order valence-electron chi connectivity index (χ3n) is 5.34. The highest BCUT2D eigenvalue weighted by Crippen LogP contribution is 2.30. The van der Waals surface area contributed by atoms with Crippen molar-refractivity contribution in [3.63, 3.8) is 0 Å². The van der Waals surface area contributed by atoms with Crippen molar-refractivity contribution in [3.8, 4) is 5.75 Å². The smallest absolute Gasteiger partial charge is 0.417 e. The number of hydrogen-bond acceptors (Lipinski definition) is 8. The van der Waals surface area contributed by atoms with Crippen LogP contribution in [0, 0.1) is 6.92 Å². The van der Waals surface area contributed by atoms with Gasteiger partial charge in [-0.25, -0.2) is 9.69 Å². The highest BCUT2D eigenvalue weighted by Gasteiger charge is 2.35. The quantitative estimate of drug-likeness (QED) is 0.574. The molecular formula is C21H23ClN6O4. The summed E-state index contributed by atoms with van der Waals surface area (Å²) in [7, 11) is 1.51. The number of anilines is 2. The highest BCUT2D eigenvalue weighted by molar-refractivity contribution is 6.32. The van der Waals surface area contributed by atoms with Crippen molar-refractivity contribution in [3.05, 3.63) is 45.0 Å². The van der Waals surface area contributed by atoms with E-state index in [1.165, 1.54) is 12.0 Å². The molecule has 1 fully saturated rings. The number of aromatic amines is 1. The molecule has 1 aliphatic rings. The topological polar surface area (TPSA) is 122 Å². The van der Waals surface area contributed by atoms with Gasteiger partial charge in [0.25, 0.3) is 5.56 Å². The number of H-pyrrole nitrogens is 1. The zero-order chi connectivity index (χ0) is 23.0. The highest BCUT2D eigenvalue weighted by atomic mass is 35.5. The van der Waals surface area contributed by atoms with Crippen molar-refractivity contribution in [2.75, 3.05) is 23.9 Å². The van der Waals surface area contributed by atoms with Gasteiger partial charge in [0.05, 0.1) is 29.7 Å². The Bertz CT molecular complexity index is 1250. The number of carbonyl (C=O) groups excluding carboxylic acids is 1. The molecule has 0 aliphatic carbocycles. The van der Waals surface area contributed by atoms with Gasteiger partial charge < -0.3 is 19.8 Å². The number of pyridine rings is 1. The van der Waals surface area contributed by atoms with Crippen LogP contribution in [-0.2, 0) is 4.74 Å². The molecule has 3 aromatic rings. The van der Waals surface area contributed by atoms with Gasteiger partial charge in [0.1, 0.15) is 18.2 Å². The molecule has 1 amide bonds. The fourth-order valence-electron chi connectivity index (χ4n) is 3.62. The molecule has 0 unspecified atom stereocenters. The molecule has 11 heteroatoms. The van der Waals surface area contributed by atoms with Crippen LogP contribution >= 0.6 is 11.6 Å². The maximum Gasteiger partial charge on any atom is 0.417 e. The van der Waals surface area contributed by atoms with E-state index in [4.69, 9.17) is 21.1 Å². The predicted octanol–water partition coefficient (Wildman–Crippen LogP) is 3.59. The monoisotopic (exact) mass is 458 g/mol. The number of nitrogens with zero attached hydrogens (tertiary/aromatic N) is 4. The Balaban J connectivity index is 1.65. The largest absolute Gasteiger partial charge is 0.495 e. The minimum atomic E-state index is -0.486. The van der Waals surface area contributed by atoms with E-state index in [2.05, 4.69) is 25.3 Å². The summed E-state index contributed by atoms with van der Waals surface area (Å²) in [5, 5.41) is 4.34.